The van der Waals surface area contributed by atoms with Crippen LogP contribution in [0.5, 0.6) is 5.88 Å². The predicted octanol–water partition coefficient (Wildman–Crippen LogP) is 8.36. The zero-order valence-electron chi connectivity index (χ0n) is 32.1. The van der Waals surface area contributed by atoms with Crippen LogP contribution in [0.15, 0.2) is 101 Å². The summed E-state index contributed by atoms with van der Waals surface area (Å²) in [5.74, 6) is -1.83. The average Bonchev–Trinajstić information content (AvgIpc) is 3.97. The van der Waals surface area contributed by atoms with Gasteiger partial charge in [-0.2, -0.15) is 4.31 Å². The van der Waals surface area contributed by atoms with Crippen molar-refractivity contribution in [2.24, 2.45) is 10.5 Å². The third-order valence-corrected chi connectivity index (χ3v) is 12.4. The van der Waals surface area contributed by atoms with Gasteiger partial charge in [0.15, 0.2) is 0 Å². The molecule has 1 unspecified atom stereocenters. The van der Waals surface area contributed by atoms with Crippen molar-refractivity contribution in [3.8, 4) is 5.88 Å². The van der Waals surface area contributed by atoms with Crippen molar-refractivity contribution in [3.05, 3.63) is 129 Å². The highest BCUT2D eigenvalue weighted by Gasteiger charge is 2.52. The Morgan fingerprint density at radius 3 is 2.35 bits per heavy atom. The molecule has 1 aliphatic carbocycles. The van der Waals surface area contributed by atoms with Gasteiger partial charge < -0.3 is 19.7 Å². The fourth-order valence-corrected chi connectivity index (χ4v) is 9.13. The van der Waals surface area contributed by atoms with E-state index in [2.05, 4.69) is 20.3 Å². The highest BCUT2D eigenvalue weighted by molar-refractivity contribution is 7.89. The number of hydrogen-bond acceptors (Lipinski definition) is 8. The van der Waals surface area contributed by atoms with Crippen LogP contribution in [0.3, 0.4) is 0 Å². The lowest BCUT2D eigenvalue weighted by Gasteiger charge is -2.32. The van der Waals surface area contributed by atoms with E-state index in [9.17, 15) is 23.5 Å². The lowest BCUT2D eigenvalue weighted by Crippen LogP contribution is -2.46. The molecule has 2 fully saturated rings. The molecule has 1 aliphatic heterocycles. The minimum Gasteiger partial charge on any atom is -0.481 e. The van der Waals surface area contributed by atoms with Crippen LogP contribution in [0.1, 0.15) is 62.6 Å². The number of amides is 2. The van der Waals surface area contributed by atoms with Crippen molar-refractivity contribution in [1.29, 1.82) is 0 Å². The van der Waals surface area contributed by atoms with Gasteiger partial charge in [-0.05, 0) is 99.5 Å². The maximum absolute atomic E-state index is 15.9. The largest absolute Gasteiger partial charge is 0.481 e. The van der Waals surface area contributed by atoms with Crippen LogP contribution in [-0.2, 0) is 26.0 Å². The highest BCUT2D eigenvalue weighted by Crippen LogP contribution is 2.50. The molecule has 6 rings (SSSR count). The normalized spacial score (nSPS) is 17.8. The molecule has 57 heavy (non-hydrogen) atoms. The number of nitrogens with zero attached hydrogens (tertiary/aromatic N) is 6. The Balaban J connectivity index is 1.33. The van der Waals surface area contributed by atoms with Gasteiger partial charge in [0, 0.05) is 70.5 Å². The summed E-state index contributed by atoms with van der Waals surface area (Å²) in [6.45, 7) is 5.81. The van der Waals surface area contributed by atoms with Crippen LogP contribution >= 0.6 is 11.6 Å². The summed E-state index contributed by atoms with van der Waals surface area (Å²) in [5, 5.41) is 7.18. The Kier molecular flexibility index (Phi) is 12.4. The van der Waals surface area contributed by atoms with Crippen LogP contribution in [0.4, 0.5) is 14.9 Å². The first-order valence-corrected chi connectivity index (χ1v) is 20.4. The Morgan fingerprint density at radius 1 is 1.04 bits per heavy atom. The van der Waals surface area contributed by atoms with Gasteiger partial charge in [0.2, 0.25) is 21.8 Å². The molecule has 1 aromatic heterocycles. The van der Waals surface area contributed by atoms with Crippen molar-refractivity contribution < 1.29 is 31.9 Å². The number of nitrogens with one attached hydrogen (secondary N) is 1. The Labute approximate surface area is 336 Å². The third kappa shape index (κ3) is 9.85. The molecule has 3 atom stereocenters. The van der Waals surface area contributed by atoms with Gasteiger partial charge in [0.05, 0.1) is 12.0 Å². The molecule has 3 aromatic carbocycles. The third-order valence-electron chi connectivity index (χ3n) is 10.2. The fraction of sp³-hybridized carbons (Fsp3) is 0.390. The van der Waals surface area contributed by atoms with E-state index in [4.69, 9.17) is 21.1 Å². The number of azide groups is 1. The van der Waals surface area contributed by atoms with Gasteiger partial charge in [-0.25, -0.2) is 22.6 Å². The zero-order valence-corrected chi connectivity index (χ0v) is 33.7. The molecule has 2 heterocycles. The molecule has 2 amide bonds. The van der Waals surface area contributed by atoms with Crippen LogP contribution in [0, 0.1) is 11.2 Å². The quantitative estimate of drug-likeness (QED) is 0.0852. The summed E-state index contributed by atoms with van der Waals surface area (Å²) in [5.41, 5.74) is 9.84. The number of halogens is 2. The smallest absolute Gasteiger partial charge is 0.410 e. The van der Waals surface area contributed by atoms with Crippen LogP contribution < -0.4 is 10.1 Å². The number of hydrogen-bond donors (Lipinski definition) is 1. The predicted molar refractivity (Wildman–Crippen MR) is 214 cm³/mol. The first kappa shape index (κ1) is 41.4. The molecule has 13 nitrogen and oxygen atoms in total. The molecule has 1 N–H and O–H groups in total. The van der Waals surface area contributed by atoms with Gasteiger partial charge in [0.1, 0.15) is 17.5 Å². The number of sulfonamides is 1. The minimum absolute atomic E-state index is 0.0104. The van der Waals surface area contributed by atoms with Crippen molar-refractivity contribution in [2.75, 3.05) is 32.1 Å². The molecule has 1 saturated carbocycles. The first-order chi connectivity index (χ1) is 27.1. The topological polar surface area (TPSA) is 167 Å². The van der Waals surface area contributed by atoms with Crippen molar-refractivity contribution >= 4 is 39.3 Å². The summed E-state index contributed by atoms with van der Waals surface area (Å²) in [4.78, 5) is 36.8. The first-order valence-electron chi connectivity index (χ1n) is 18.6. The Bertz CT molecular complexity index is 2230. The number of ether oxygens (including phenoxy) is 2. The average molecular weight is 818 g/mol. The zero-order chi connectivity index (χ0) is 41.0. The van der Waals surface area contributed by atoms with Gasteiger partial charge in [-0.3, -0.25) is 4.79 Å². The molecule has 2 aliphatic rings. The second-order valence-corrected chi connectivity index (χ2v) is 17.8. The standard InChI is InChI=1S/C41H45ClFN7O6S/c1-40(2,3)56-39(52)49-24-30(50(26-41(25-49)21-22-41)57(53,54)31-9-6-5-7-10-31)18-19-32-33(43)11-8-12-34(32)46-38(51)37(47-48-44)36(27-13-16-29(42)17-14-27)28-15-20-35(55-4)45-23-28/h5-17,20,23,30,36-37H,18-19,21-22,24-26H2,1-4H3,(H,46,51)/t30?,36-,37-/m0/s1. The maximum atomic E-state index is 15.9. The van der Waals surface area contributed by atoms with Crippen LogP contribution in [0.25, 0.3) is 10.4 Å². The molecule has 16 heteroatoms. The van der Waals surface area contributed by atoms with Crippen LogP contribution in [-0.4, -0.2) is 79.0 Å². The number of pyridine rings is 1. The SMILES string of the molecule is COc1ccc([C@H](c2ccc(Cl)cc2)[C@H](N=[N+]=[N-])C(=O)Nc2cccc(F)c2CCC2CN(C(=O)OC(C)(C)C)CC3(CC3)CN2S(=O)(=O)c2ccccc2)cn1. The van der Waals surface area contributed by atoms with E-state index in [-0.39, 0.29) is 42.1 Å². The van der Waals surface area contributed by atoms with Gasteiger partial charge in [0.25, 0.3) is 0 Å². The second-order valence-electron chi connectivity index (χ2n) is 15.5. The number of carbonyl (C=O) groups is 2. The number of rotatable bonds is 12. The molecule has 0 radical (unpaired) electrons. The molecular formula is C41H45ClFN7O6S. The van der Waals surface area contributed by atoms with E-state index in [0.717, 1.165) is 12.8 Å². The summed E-state index contributed by atoms with van der Waals surface area (Å²) in [6.07, 6.45) is 2.52. The number of carbonyl (C=O) groups excluding carboxylic acids is 2. The number of aromatic nitrogens is 1. The monoisotopic (exact) mass is 817 g/mol. The second kappa shape index (κ2) is 17.1. The van der Waals surface area contributed by atoms with Gasteiger partial charge in [-0.15, -0.1) is 0 Å². The van der Waals surface area contributed by atoms with Crippen molar-refractivity contribution in [3.63, 3.8) is 0 Å². The van der Waals surface area contributed by atoms with E-state index < -0.39 is 56.9 Å². The molecule has 1 spiro atoms. The number of methoxy groups -OCH3 is 1. The highest BCUT2D eigenvalue weighted by atomic mass is 35.5. The summed E-state index contributed by atoms with van der Waals surface area (Å²) < 4.78 is 57.0. The van der Waals surface area contributed by atoms with Gasteiger partial charge in [-0.1, -0.05) is 59.2 Å². The molecule has 4 aromatic rings. The summed E-state index contributed by atoms with van der Waals surface area (Å²) in [6, 6.07) is 20.3. The summed E-state index contributed by atoms with van der Waals surface area (Å²) >= 11 is 6.18. The van der Waals surface area contributed by atoms with Gasteiger partial charge >= 0.3 is 6.09 Å². The Hall–Kier alpha value is -5.21. The van der Waals surface area contributed by atoms with E-state index in [1.165, 1.54) is 47.9 Å². The van der Waals surface area contributed by atoms with Crippen LogP contribution in [0.2, 0.25) is 5.02 Å². The lowest BCUT2D eigenvalue weighted by atomic mass is 9.85. The maximum Gasteiger partial charge on any atom is 0.410 e. The fourth-order valence-electron chi connectivity index (χ4n) is 7.22. The van der Waals surface area contributed by atoms with E-state index in [1.54, 1.807) is 80.3 Å². The van der Waals surface area contributed by atoms with Crippen molar-refractivity contribution in [2.45, 2.75) is 75.0 Å². The number of anilines is 1. The Morgan fingerprint density at radius 2 is 1.74 bits per heavy atom. The number of benzene rings is 3. The molecule has 1 saturated heterocycles. The minimum atomic E-state index is -4.06. The van der Waals surface area contributed by atoms with E-state index in [1.807, 2.05) is 0 Å². The molecular weight excluding hydrogens is 773 g/mol. The van der Waals surface area contributed by atoms with E-state index >= 15 is 4.39 Å². The summed E-state index contributed by atoms with van der Waals surface area (Å²) in [7, 11) is -2.58. The van der Waals surface area contributed by atoms with Crippen molar-refractivity contribution in [1.82, 2.24) is 14.2 Å². The lowest BCUT2D eigenvalue weighted by molar-refractivity contribution is -0.117. The molecule has 300 valence electrons. The molecule has 0 bridgehead atoms. The van der Waals surface area contributed by atoms with E-state index in [0.29, 0.717) is 28.6 Å².